The molecule has 1 heterocycles. The van der Waals surface area contributed by atoms with Crippen LogP contribution < -0.4 is 11.1 Å². The van der Waals surface area contributed by atoms with Crippen LogP contribution in [0.2, 0.25) is 0 Å². The van der Waals surface area contributed by atoms with E-state index in [-0.39, 0.29) is 10.7 Å². The van der Waals surface area contributed by atoms with E-state index < -0.39 is 0 Å². The largest absolute Gasteiger partial charge is 0.397 e. The van der Waals surface area contributed by atoms with Crippen molar-refractivity contribution in [2.45, 2.75) is 24.0 Å². The summed E-state index contributed by atoms with van der Waals surface area (Å²) in [5.41, 5.74) is 6.73. The molecule has 0 radical (unpaired) electrons. The Labute approximate surface area is 140 Å². The minimum absolute atomic E-state index is 0.0508. The number of carbonyl (C=O) groups is 1. The zero-order valence-electron chi connectivity index (χ0n) is 11.7. The van der Waals surface area contributed by atoms with E-state index in [2.05, 4.69) is 27.5 Å². The van der Waals surface area contributed by atoms with E-state index in [1.165, 1.54) is 30.6 Å². The monoisotopic (exact) mass is 384 g/mol. The Morgan fingerprint density at radius 3 is 2.90 bits per heavy atom. The SMILES string of the molecule is CSC1(CNC(=O)c2sc3ccc(Br)cc3c2N)CCC1. The molecule has 112 valence electrons. The number of hydrogen-bond acceptors (Lipinski definition) is 4. The van der Waals surface area contributed by atoms with E-state index in [9.17, 15) is 4.79 Å². The number of nitrogen functional groups attached to an aromatic ring is 1. The Bertz CT molecular complexity index is 689. The number of amides is 1. The van der Waals surface area contributed by atoms with Crippen molar-refractivity contribution in [3.8, 4) is 0 Å². The Morgan fingerprint density at radius 1 is 1.52 bits per heavy atom. The van der Waals surface area contributed by atoms with Crippen LogP contribution >= 0.6 is 39.0 Å². The molecular formula is C15H17BrN2OS2. The van der Waals surface area contributed by atoms with Crippen molar-refractivity contribution in [3.63, 3.8) is 0 Å². The first-order valence-electron chi connectivity index (χ1n) is 6.85. The molecule has 3 N–H and O–H groups in total. The van der Waals surface area contributed by atoms with Crippen molar-refractivity contribution in [1.82, 2.24) is 5.32 Å². The standard InChI is InChI=1S/C15H17BrN2OS2/c1-20-15(5-2-6-15)8-18-14(19)13-12(17)10-7-9(16)3-4-11(10)21-13/h3-4,7H,2,5-6,8,17H2,1H3,(H,18,19). The summed E-state index contributed by atoms with van der Waals surface area (Å²) in [6.45, 7) is 0.727. The van der Waals surface area contributed by atoms with Crippen LogP contribution in [0.3, 0.4) is 0 Å². The highest BCUT2D eigenvalue weighted by Gasteiger charge is 2.36. The van der Waals surface area contributed by atoms with Crippen LogP contribution in [0, 0.1) is 0 Å². The van der Waals surface area contributed by atoms with Gasteiger partial charge in [-0.3, -0.25) is 4.79 Å². The van der Waals surface area contributed by atoms with Gasteiger partial charge in [0, 0.05) is 25.9 Å². The van der Waals surface area contributed by atoms with Gasteiger partial charge in [-0.15, -0.1) is 11.3 Å². The third kappa shape index (κ3) is 2.81. The predicted molar refractivity (Wildman–Crippen MR) is 96.4 cm³/mol. The quantitative estimate of drug-likeness (QED) is 0.827. The summed E-state index contributed by atoms with van der Waals surface area (Å²) >= 11 is 6.76. The van der Waals surface area contributed by atoms with Gasteiger partial charge in [-0.1, -0.05) is 22.4 Å². The first-order valence-corrected chi connectivity index (χ1v) is 9.69. The van der Waals surface area contributed by atoms with Crippen LogP contribution in [0.5, 0.6) is 0 Å². The van der Waals surface area contributed by atoms with E-state index in [1.54, 1.807) is 0 Å². The van der Waals surface area contributed by atoms with Crippen molar-refractivity contribution in [1.29, 1.82) is 0 Å². The van der Waals surface area contributed by atoms with Crippen molar-refractivity contribution in [2.24, 2.45) is 0 Å². The van der Waals surface area contributed by atoms with E-state index in [4.69, 9.17) is 5.73 Å². The fraction of sp³-hybridized carbons (Fsp3) is 0.400. The van der Waals surface area contributed by atoms with Gasteiger partial charge in [-0.2, -0.15) is 11.8 Å². The molecule has 3 nitrogen and oxygen atoms in total. The van der Waals surface area contributed by atoms with Crippen molar-refractivity contribution in [2.75, 3.05) is 18.5 Å². The van der Waals surface area contributed by atoms with Crippen LogP contribution in [0.15, 0.2) is 22.7 Å². The molecule has 1 aromatic heterocycles. The number of thiophene rings is 1. The molecule has 21 heavy (non-hydrogen) atoms. The highest BCUT2D eigenvalue weighted by atomic mass is 79.9. The number of halogens is 1. The summed E-state index contributed by atoms with van der Waals surface area (Å²) in [5.74, 6) is -0.0508. The first kappa shape index (κ1) is 15.2. The predicted octanol–water partition coefficient (Wildman–Crippen LogP) is 4.26. The van der Waals surface area contributed by atoms with Gasteiger partial charge in [-0.25, -0.2) is 0 Å². The summed E-state index contributed by atoms with van der Waals surface area (Å²) in [5, 5.41) is 4.01. The fourth-order valence-electron chi connectivity index (χ4n) is 2.60. The molecule has 3 rings (SSSR count). The molecule has 0 saturated heterocycles. The van der Waals surface area contributed by atoms with E-state index >= 15 is 0 Å². The number of rotatable bonds is 4. The number of hydrogen-bond donors (Lipinski definition) is 2. The Kier molecular flexibility index (Phi) is 4.21. The molecule has 0 aliphatic heterocycles. The number of nitrogens with two attached hydrogens (primary N) is 1. The number of nitrogens with one attached hydrogen (secondary N) is 1. The lowest BCUT2D eigenvalue weighted by atomic mass is 9.84. The maximum Gasteiger partial charge on any atom is 0.263 e. The van der Waals surface area contributed by atoms with Crippen LogP contribution in [0.1, 0.15) is 28.9 Å². The molecule has 0 spiro atoms. The molecule has 1 saturated carbocycles. The Hall–Kier alpha value is -0.720. The van der Waals surface area contributed by atoms with Crippen LogP contribution in [-0.2, 0) is 0 Å². The van der Waals surface area contributed by atoms with E-state index in [0.717, 1.165) is 21.1 Å². The molecule has 1 fully saturated rings. The fourth-order valence-corrected chi connectivity index (χ4v) is 4.90. The normalized spacial score (nSPS) is 16.7. The summed E-state index contributed by atoms with van der Waals surface area (Å²) in [4.78, 5) is 13.0. The summed E-state index contributed by atoms with van der Waals surface area (Å²) in [7, 11) is 0. The molecule has 0 bridgehead atoms. The third-order valence-corrected chi connectivity index (χ3v) is 7.26. The molecule has 1 amide bonds. The summed E-state index contributed by atoms with van der Waals surface area (Å²) < 4.78 is 2.26. The van der Waals surface area contributed by atoms with Crippen molar-refractivity contribution < 1.29 is 4.79 Å². The van der Waals surface area contributed by atoms with Gasteiger partial charge in [0.15, 0.2) is 0 Å². The molecule has 6 heteroatoms. The maximum absolute atomic E-state index is 12.4. The molecule has 1 aliphatic carbocycles. The second-order valence-electron chi connectivity index (χ2n) is 5.41. The smallest absolute Gasteiger partial charge is 0.263 e. The summed E-state index contributed by atoms with van der Waals surface area (Å²) in [6.07, 6.45) is 5.75. The lowest BCUT2D eigenvalue weighted by Gasteiger charge is -2.40. The Morgan fingerprint density at radius 2 is 2.29 bits per heavy atom. The van der Waals surface area contributed by atoms with E-state index in [1.807, 2.05) is 30.0 Å². The Balaban J connectivity index is 1.80. The number of carbonyl (C=O) groups excluding carboxylic acids is 1. The second-order valence-corrected chi connectivity index (χ2v) is 8.65. The topological polar surface area (TPSA) is 55.1 Å². The zero-order chi connectivity index (χ0) is 15.0. The highest BCUT2D eigenvalue weighted by molar-refractivity contribution is 9.10. The van der Waals surface area contributed by atoms with Gasteiger partial charge in [0.1, 0.15) is 4.88 Å². The van der Waals surface area contributed by atoms with Crippen molar-refractivity contribution >= 4 is 60.7 Å². The number of anilines is 1. The summed E-state index contributed by atoms with van der Waals surface area (Å²) in [6, 6.07) is 5.93. The first-order chi connectivity index (χ1) is 10.0. The molecule has 0 unspecified atom stereocenters. The van der Waals surface area contributed by atoms with Crippen molar-refractivity contribution in [3.05, 3.63) is 27.5 Å². The van der Waals surface area contributed by atoms with Gasteiger partial charge in [0.25, 0.3) is 5.91 Å². The van der Waals surface area contributed by atoms with Gasteiger partial charge < -0.3 is 11.1 Å². The van der Waals surface area contributed by atoms with Crippen LogP contribution in [-0.4, -0.2) is 23.5 Å². The maximum atomic E-state index is 12.4. The lowest BCUT2D eigenvalue weighted by Crippen LogP contribution is -2.45. The average molecular weight is 385 g/mol. The van der Waals surface area contributed by atoms with Crippen LogP contribution in [0.25, 0.3) is 10.1 Å². The van der Waals surface area contributed by atoms with Gasteiger partial charge >= 0.3 is 0 Å². The minimum Gasteiger partial charge on any atom is -0.397 e. The zero-order valence-corrected chi connectivity index (χ0v) is 15.0. The third-order valence-electron chi connectivity index (χ3n) is 4.16. The second kappa shape index (κ2) is 5.82. The van der Waals surface area contributed by atoms with Gasteiger partial charge in [0.05, 0.1) is 5.69 Å². The molecule has 0 atom stereocenters. The molecule has 1 aliphatic rings. The van der Waals surface area contributed by atoms with E-state index in [0.29, 0.717) is 10.6 Å². The molecule has 1 aromatic carbocycles. The lowest BCUT2D eigenvalue weighted by molar-refractivity contribution is 0.0949. The van der Waals surface area contributed by atoms with Gasteiger partial charge in [-0.05, 0) is 37.3 Å². The highest BCUT2D eigenvalue weighted by Crippen LogP contribution is 2.42. The minimum atomic E-state index is -0.0508. The number of fused-ring (bicyclic) bond motifs is 1. The average Bonchev–Trinajstić information content (AvgIpc) is 2.75. The molecule has 2 aromatic rings. The number of thioether (sulfide) groups is 1. The molecular weight excluding hydrogens is 368 g/mol. The number of benzene rings is 1. The van der Waals surface area contributed by atoms with Crippen LogP contribution in [0.4, 0.5) is 5.69 Å². The van der Waals surface area contributed by atoms with Gasteiger partial charge in [0.2, 0.25) is 0 Å².